The van der Waals surface area contributed by atoms with Crippen molar-refractivity contribution in [1.82, 2.24) is 29.8 Å². The molecule has 4 rings (SSSR count). The summed E-state index contributed by atoms with van der Waals surface area (Å²) in [6.07, 6.45) is 3.22. The number of fused-ring (bicyclic) bond motifs is 1. The summed E-state index contributed by atoms with van der Waals surface area (Å²) in [6, 6.07) is 2.00. The van der Waals surface area contributed by atoms with Gasteiger partial charge in [0.05, 0.1) is 25.5 Å². The molecule has 162 valence electrons. The van der Waals surface area contributed by atoms with Gasteiger partial charge in [0.15, 0.2) is 5.69 Å². The molecule has 30 heavy (non-hydrogen) atoms. The SMILES string of the molecule is Cc1cc(C)n(CCC(=O)NCCn2nc(C(=O)N3CCCC3)c3c2CCOC3)n1. The molecule has 2 aliphatic heterocycles. The van der Waals surface area contributed by atoms with Gasteiger partial charge in [-0.05, 0) is 32.8 Å². The van der Waals surface area contributed by atoms with Crippen LogP contribution >= 0.6 is 0 Å². The number of aryl methyl sites for hydroxylation is 3. The van der Waals surface area contributed by atoms with Crippen molar-refractivity contribution < 1.29 is 14.3 Å². The summed E-state index contributed by atoms with van der Waals surface area (Å²) in [4.78, 5) is 27.0. The normalized spacial score (nSPS) is 16.0. The van der Waals surface area contributed by atoms with Gasteiger partial charge in [-0.2, -0.15) is 10.2 Å². The first-order valence-corrected chi connectivity index (χ1v) is 10.8. The zero-order chi connectivity index (χ0) is 21.1. The molecule has 2 aromatic rings. The number of nitrogens with one attached hydrogen (secondary N) is 1. The molecule has 0 aromatic carbocycles. The molecule has 1 saturated heterocycles. The second kappa shape index (κ2) is 8.99. The maximum absolute atomic E-state index is 12.9. The molecular weight excluding hydrogens is 384 g/mol. The molecule has 9 heteroatoms. The molecule has 0 radical (unpaired) electrons. The van der Waals surface area contributed by atoms with E-state index in [1.165, 1.54) is 0 Å². The molecule has 0 unspecified atom stereocenters. The van der Waals surface area contributed by atoms with Gasteiger partial charge in [0.1, 0.15) is 0 Å². The highest BCUT2D eigenvalue weighted by atomic mass is 16.5. The lowest BCUT2D eigenvalue weighted by atomic mass is 10.1. The molecule has 4 heterocycles. The van der Waals surface area contributed by atoms with E-state index in [1.54, 1.807) is 0 Å². The average molecular weight is 415 g/mol. The van der Waals surface area contributed by atoms with E-state index in [0.717, 1.165) is 55.0 Å². The van der Waals surface area contributed by atoms with Crippen LogP contribution in [0, 0.1) is 13.8 Å². The van der Waals surface area contributed by atoms with Crippen LogP contribution < -0.4 is 5.32 Å². The standard InChI is InChI=1S/C21H30N6O3/c1-15-13-16(2)26(23-15)10-5-19(28)22-7-11-27-18-6-12-30-14-17(18)20(24-27)21(29)25-8-3-4-9-25/h13H,3-12,14H2,1-2H3,(H,22,28). The van der Waals surface area contributed by atoms with Gasteiger partial charge in [-0.3, -0.25) is 19.0 Å². The molecular formula is C21H30N6O3. The Kier molecular flexibility index (Phi) is 6.17. The van der Waals surface area contributed by atoms with Gasteiger partial charge in [0.25, 0.3) is 5.91 Å². The number of carbonyl (C=O) groups excluding carboxylic acids is 2. The van der Waals surface area contributed by atoms with Crippen molar-refractivity contribution in [3.05, 3.63) is 34.4 Å². The van der Waals surface area contributed by atoms with E-state index >= 15 is 0 Å². The maximum atomic E-state index is 12.9. The van der Waals surface area contributed by atoms with Crippen LogP contribution in [0.15, 0.2) is 6.07 Å². The number of ether oxygens (including phenoxy) is 1. The van der Waals surface area contributed by atoms with Crippen LogP contribution in [0.4, 0.5) is 0 Å². The number of likely N-dealkylation sites (tertiary alicyclic amines) is 1. The average Bonchev–Trinajstić information content (AvgIpc) is 3.46. The van der Waals surface area contributed by atoms with Gasteiger partial charge in [0.2, 0.25) is 5.91 Å². The van der Waals surface area contributed by atoms with E-state index in [9.17, 15) is 9.59 Å². The number of nitrogens with zero attached hydrogens (tertiary/aromatic N) is 5. The number of rotatable bonds is 7. The monoisotopic (exact) mass is 414 g/mol. The number of hydrogen-bond donors (Lipinski definition) is 1. The summed E-state index contributed by atoms with van der Waals surface area (Å²) in [7, 11) is 0. The molecule has 0 saturated carbocycles. The van der Waals surface area contributed by atoms with Crippen molar-refractivity contribution in [2.24, 2.45) is 0 Å². The Bertz CT molecular complexity index is 926. The zero-order valence-electron chi connectivity index (χ0n) is 17.8. The van der Waals surface area contributed by atoms with Crippen LogP contribution in [0.3, 0.4) is 0 Å². The van der Waals surface area contributed by atoms with Gasteiger partial charge in [-0.1, -0.05) is 0 Å². The molecule has 2 aliphatic rings. The maximum Gasteiger partial charge on any atom is 0.274 e. The van der Waals surface area contributed by atoms with E-state index in [-0.39, 0.29) is 11.8 Å². The number of hydrogen-bond acceptors (Lipinski definition) is 5. The minimum Gasteiger partial charge on any atom is -0.376 e. The summed E-state index contributed by atoms with van der Waals surface area (Å²) in [6.45, 7) is 8.17. The lowest BCUT2D eigenvalue weighted by molar-refractivity contribution is -0.121. The van der Waals surface area contributed by atoms with Gasteiger partial charge >= 0.3 is 0 Å². The fourth-order valence-electron chi connectivity index (χ4n) is 4.23. The summed E-state index contributed by atoms with van der Waals surface area (Å²) >= 11 is 0. The first kappa shape index (κ1) is 20.6. The predicted molar refractivity (Wildman–Crippen MR) is 110 cm³/mol. The minimum absolute atomic E-state index is 0.00178. The van der Waals surface area contributed by atoms with Crippen molar-refractivity contribution in [2.75, 3.05) is 26.2 Å². The largest absolute Gasteiger partial charge is 0.376 e. The third kappa shape index (κ3) is 4.40. The Morgan fingerprint density at radius 3 is 2.67 bits per heavy atom. The van der Waals surface area contributed by atoms with Crippen molar-refractivity contribution in [1.29, 1.82) is 0 Å². The second-order valence-corrected chi connectivity index (χ2v) is 8.05. The Hall–Kier alpha value is -2.68. The van der Waals surface area contributed by atoms with E-state index in [1.807, 2.05) is 34.2 Å². The molecule has 0 aliphatic carbocycles. The van der Waals surface area contributed by atoms with Crippen LogP contribution in [0.1, 0.15) is 52.4 Å². The molecule has 1 fully saturated rings. The number of aromatic nitrogens is 4. The number of carbonyl (C=O) groups is 2. The van der Waals surface area contributed by atoms with Crippen molar-refractivity contribution in [3.8, 4) is 0 Å². The zero-order valence-corrected chi connectivity index (χ0v) is 17.8. The van der Waals surface area contributed by atoms with Crippen LogP contribution in [-0.2, 0) is 35.6 Å². The molecule has 0 atom stereocenters. The van der Waals surface area contributed by atoms with Gasteiger partial charge in [-0.15, -0.1) is 0 Å². The van der Waals surface area contributed by atoms with Crippen LogP contribution in [0.25, 0.3) is 0 Å². The Balaban J connectivity index is 1.34. The fraction of sp³-hybridized carbons (Fsp3) is 0.619. The van der Waals surface area contributed by atoms with Gasteiger partial charge in [0, 0.05) is 56.0 Å². The highest BCUT2D eigenvalue weighted by molar-refractivity contribution is 5.94. The molecule has 2 aromatic heterocycles. The third-order valence-electron chi connectivity index (χ3n) is 5.79. The van der Waals surface area contributed by atoms with E-state index in [2.05, 4.69) is 15.5 Å². The van der Waals surface area contributed by atoms with Gasteiger partial charge < -0.3 is 15.0 Å². The Morgan fingerprint density at radius 1 is 1.13 bits per heavy atom. The number of amides is 2. The first-order chi connectivity index (χ1) is 14.5. The summed E-state index contributed by atoms with van der Waals surface area (Å²) < 4.78 is 9.32. The highest BCUT2D eigenvalue weighted by Crippen LogP contribution is 2.23. The highest BCUT2D eigenvalue weighted by Gasteiger charge is 2.29. The van der Waals surface area contributed by atoms with Crippen molar-refractivity contribution in [3.63, 3.8) is 0 Å². The van der Waals surface area contributed by atoms with Crippen molar-refractivity contribution in [2.45, 2.75) is 59.2 Å². The van der Waals surface area contributed by atoms with Crippen molar-refractivity contribution >= 4 is 11.8 Å². The summed E-state index contributed by atoms with van der Waals surface area (Å²) in [5, 5.41) is 12.0. The van der Waals surface area contributed by atoms with E-state index < -0.39 is 0 Å². The quantitative estimate of drug-likeness (QED) is 0.735. The lowest BCUT2D eigenvalue weighted by Crippen LogP contribution is -2.30. The van der Waals surface area contributed by atoms with Crippen LogP contribution in [0.5, 0.6) is 0 Å². The summed E-state index contributed by atoms with van der Waals surface area (Å²) in [5.74, 6) is -0.0119. The molecule has 9 nitrogen and oxygen atoms in total. The molecule has 0 spiro atoms. The lowest BCUT2D eigenvalue weighted by Gasteiger charge is -2.17. The Morgan fingerprint density at radius 2 is 1.93 bits per heavy atom. The molecule has 2 amide bonds. The van der Waals surface area contributed by atoms with Gasteiger partial charge in [-0.25, -0.2) is 0 Å². The van der Waals surface area contributed by atoms with E-state index in [0.29, 0.717) is 45.0 Å². The topological polar surface area (TPSA) is 94.3 Å². The Labute approximate surface area is 176 Å². The fourth-order valence-corrected chi connectivity index (χ4v) is 4.23. The second-order valence-electron chi connectivity index (χ2n) is 8.05. The van der Waals surface area contributed by atoms with Crippen LogP contribution in [-0.4, -0.2) is 62.5 Å². The smallest absolute Gasteiger partial charge is 0.274 e. The predicted octanol–water partition coefficient (Wildman–Crippen LogP) is 1.21. The molecule has 0 bridgehead atoms. The van der Waals surface area contributed by atoms with Crippen LogP contribution in [0.2, 0.25) is 0 Å². The first-order valence-electron chi connectivity index (χ1n) is 10.8. The van der Waals surface area contributed by atoms with E-state index in [4.69, 9.17) is 4.74 Å². The minimum atomic E-state index is -0.0136. The third-order valence-corrected chi connectivity index (χ3v) is 5.79. The molecule has 1 N–H and O–H groups in total. The summed E-state index contributed by atoms with van der Waals surface area (Å²) in [5.41, 5.74) is 4.50.